The summed E-state index contributed by atoms with van der Waals surface area (Å²) in [6.45, 7) is 4.86. The molecule has 1 aromatic rings. The van der Waals surface area contributed by atoms with Crippen molar-refractivity contribution in [2.45, 2.75) is 27.2 Å². The van der Waals surface area contributed by atoms with Crippen LogP contribution in [0.3, 0.4) is 0 Å². The SMILES string of the molecule is CCOC(=O)C(C)(CC)C(=O)OC(=O)/C=C/c1ccccc1. The number of hydrogen-bond donors (Lipinski definition) is 0. The van der Waals surface area contributed by atoms with E-state index in [1.165, 1.54) is 13.0 Å². The second-order valence-electron chi connectivity index (χ2n) is 4.86. The standard InChI is InChI=1S/C17H20O5/c1-4-17(3,15(19)21-5-2)16(20)22-14(18)12-11-13-9-7-6-8-10-13/h6-12H,4-5H2,1-3H3/b12-11+. The van der Waals surface area contributed by atoms with Crippen molar-refractivity contribution < 1.29 is 23.9 Å². The smallest absolute Gasteiger partial charge is 0.338 e. The average molecular weight is 304 g/mol. The third kappa shape index (κ3) is 4.55. The van der Waals surface area contributed by atoms with Crippen LogP contribution in [0.4, 0.5) is 0 Å². The molecule has 0 aliphatic heterocycles. The minimum atomic E-state index is -1.48. The van der Waals surface area contributed by atoms with Crippen molar-refractivity contribution in [2.75, 3.05) is 6.61 Å². The van der Waals surface area contributed by atoms with E-state index in [1.54, 1.807) is 26.0 Å². The van der Waals surface area contributed by atoms with Crippen molar-refractivity contribution in [1.82, 2.24) is 0 Å². The van der Waals surface area contributed by atoms with E-state index >= 15 is 0 Å². The van der Waals surface area contributed by atoms with Gasteiger partial charge in [0.25, 0.3) is 0 Å². The lowest BCUT2D eigenvalue weighted by atomic mass is 9.88. The van der Waals surface area contributed by atoms with Crippen molar-refractivity contribution >= 4 is 24.0 Å². The Labute approximate surface area is 129 Å². The van der Waals surface area contributed by atoms with Gasteiger partial charge in [-0.3, -0.25) is 9.59 Å². The summed E-state index contributed by atoms with van der Waals surface area (Å²) in [5.74, 6) is -2.42. The van der Waals surface area contributed by atoms with Crippen LogP contribution in [0, 0.1) is 5.41 Å². The van der Waals surface area contributed by atoms with Gasteiger partial charge >= 0.3 is 17.9 Å². The third-order valence-corrected chi connectivity index (χ3v) is 3.29. The molecule has 0 saturated carbocycles. The zero-order chi connectivity index (χ0) is 16.6. The van der Waals surface area contributed by atoms with E-state index < -0.39 is 23.3 Å². The predicted molar refractivity (Wildman–Crippen MR) is 81.6 cm³/mol. The molecule has 0 aliphatic carbocycles. The Hall–Kier alpha value is -2.43. The first-order chi connectivity index (χ1) is 10.4. The highest BCUT2D eigenvalue weighted by Crippen LogP contribution is 2.25. The summed E-state index contributed by atoms with van der Waals surface area (Å²) in [4.78, 5) is 35.6. The average Bonchev–Trinajstić information content (AvgIpc) is 2.53. The van der Waals surface area contributed by atoms with Crippen LogP contribution in [0.15, 0.2) is 36.4 Å². The molecule has 0 bridgehead atoms. The fraction of sp³-hybridized carbons (Fsp3) is 0.353. The van der Waals surface area contributed by atoms with Gasteiger partial charge in [-0.25, -0.2) is 4.79 Å². The summed E-state index contributed by atoms with van der Waals surface area (Å²) < 4.78 is 9.59. The number of carbonyl (C=O) groups is 3. The molecule has 0 amide bonds. The van der Waals surface area contributed by atoms with Crippen LogP contribution >= 0.6 is 0 Å². The van der Waals surface area contributed by atoms with Crippen molar-refractivity contribution in [3.05, 3.63) is 42.0 Å². The minimum absolute atomic E-state index is 0.156. The molecule has 0 N–H and O–H groups in total. The molecule has 1 rings (SSSR count). The van der Waals surface area contributed by atoms with Gasteiger partial charge in [-0.05, 0) is 31.9 Å². The molecule has 0 fully saturated rings. The first kappa shape index (κ1) is 17.6. The number of ether oxygens (including phenoxy) is 2. The zero-order valence-corrected chi connectivity index (χ0v) is 13.0. The third-order valence-electron chi connectivity index (χ3n) is 3.29. The molecule has 1 unspecified atom stereocenters. The van der Waals surface area contributed by atoms with E-state index in [4.69, 9.17) is 9.47 Å². The summed E-state index contributed by atoms with van der Waals surface area (Å²) in [6.07, 6.45) is 2.86. The highest BCUT2D eigenvalue weighted by Gasteiger charge is 2.43. The molecule has 1 atom stereocenters. The van der Waals surface area contributed by atoms with Crippen molar-refractivity contribution in [2.24, 2.45) is 5.41 Å². The second kappa shape index (κ2) is 8.12. The molecule has 1 aromatic carbocycles. The summed E-state index contributed by atoms with van der Waals surface area (Å²) in [5.41, 5.74) is -0.678. The van der Waals surface area contributed by atoms with E-state index in [2.05, 4.69) is 0 Å². The Morgan fingerprint density at radius 3 is 2.27 bits per heavy atom. The van der Waals surface area contributed by atoms with E-state index in [0.29, 0.717) is 0 Å². The highest BCUT2D eigenvalue weighted by atomic mass is 16.6. The number of benzene rings is 1. The van der Waals surface area contributed by atoms with Crippen LogP contribution in [0.25, 0.3) is 6.08 Å². The number of carbonyl (C=O) groups excluding carboxylic acids is 3. The minimum Gasteiger partial charge on any atom is -0.465 e. The summed E-state index contributed by atoms with van der Waals surface area (Å²) in [7, 11) is 0. The Morgan fingerprint density at radius 1 is 1.09 bits per heavy atom. The summed E-state index contributed by atoms with van der Waals surface area (Å²) in [5, 5.41) is 0. The Balaban J connectivity index is 2.72. The van der Waals surface area contributed by atoms with Crippen molar-refractivity contribution in [1.29, 1.82) is 0 Å². The van der Waals surface area contributed by atoms with Gasteiger partial charge in [0.2, 0.25) is 0 Å². The van der Waals surface area contributed by atoms with Crippen LogP contribution < -0.4 is 0 Å². The molecule has 118 valence electrons. The van der Waals surface area contributed by atoms with Crippen LogP contribution in [0.2, 0.25) is 0 Å². The van der Waals surface area contributed by atoms with Gasteiger partial charge < -0.3 is 9.47 Å². The predicted octanol–water partition coefficient (Wildman–Crippen LogP) is 2.75. The van der Waals surface area contributed by atoms with Crippen LogP contribution in [0.1, 0.15) is 32.8 Å². The van der Waals surface area contributed by atoms with Crippen molar-refractivity contribution in [3.8, 4) is 0 Å². The van der Waals surface area contributed by atoms with Gasteiger partial charge in [0.1, 0.15) is 0 Å². The first-order valence-corrected chi connectivity index (χ1v) is 7.10. The molecule has 5 nitrogen and oxygen atoms in total. The second-order valence-corrected chi connectivity index (χ2v) is 4.86. The maximum Gasteiger partial charge on any atom is 0.338 e. The largest absolute Gasteiger partial charge is 0.465 e. The lowest BCUT2D eigenvalue weighted by Gasteiger charge is -2.22. The lowest BCUT2D eigenvalue weighted by molar-refractivity contribution is -0.173. The van der Waals surface area contributed by atoms with Gasteiger partial charge in [-0.15, -0.1) is 0 Å². The van der Waals surface area contributed by atoms with Crippen LogP contribution in [-0.2, 0) is 23.9 Å². The normalized spacial score (nSPS) is 13.4. The molecule has 0 aromatic heterocycles. The number of esters is 3. The molecule has 22 heavy (non-hydrogen) atoms. The Bertz CT molecular complexity index is 562. The fourth-order valence-electron chi connectivity index (χ4n) is 1.63. The number of hydrogen-bond acceptors (Lipinski definition) is 5. The van der Waals surface area contributed by atoms with E-state index in [-0.39, 0.29) is 13.0 Å². The van der Waals surface area contributed by atoms with Gasteiger partial charge in [-0.1, -0.05) is 37.3 Å². The van der Waals surface area contributed by atoms with Gasteiger partial charge in [0, 0.05) is 6.08 Å². The molecule has 5 heteroatoms. The monoisotopic (exact) mass is 304 g/mol. The Kier molecular flexibility index (Phi) is 6.50. The molecule has 0 radical (unpaired) electrons. The maximum atomic E-state index is 12.1. The molecule has 0 spiro atoms. The van der Waals surface area contributed by atoms with Gasteiger partial charge in [0.05, 0.1) is 6.61 Å². The quantitative estimate of drug-likeness (QED) is 0.459. The van der Waals surface area contributed by atoms with Crippen LogP contribution in [0.5, 0.6) is 0 Å². The molecular formula is C17H20O5. The van der Waals surface area contributed by atoms with Gasteiger partial charge in [-0.2, -0.15) is 0 Å². The van der Waals surface area contributed by atoms with E-state index in [9.17, 15) is 14.4 Å². The summed E-state index contributed by atoms with van der Waals surface area (Å²) >= 11 is 0. The van der Waals surface area contributed by atoms with E-state index in [0.717, 1.165) is 11.6 Å². The van der Waals surface area contributed by atoms with Gasteiger partial charge in [0.15, 0.2) is 5.41 Å². The van der Waals surface area contributed by atoms with Crippen LogP contribution in [-0.4, -0.2) is 24.5 Å². The highest BCUT2D eigenvalue weighted by molar-refractivity contribution is 6.05. The number of rotatable bonds is 6. The lowest BCUT2D eigenvalue weighted by Crippen LogP contribution is -2.39. The summed E-state index contributed by atoms with van der Waals surface area (Å²) in [6, 6.07) is 9.11. The molecule has 0 heterocycles. The molecule has 0 saturated heterocycles. The Morgan fingerprint density at radius 2 is 1.73 bits per heavy atom. The fourth-order valence-corrected chi connectivity index (χ4v) is 1.63. The molecular weight excluding hydrogens is 284 g/mol. The maximum absolute atomic E-state index is 12.1. The molecule has 0 aliphatic rings. The van der Waals surface area contributed by atoms with E-state index in [1.807, 2.05) is 18.2 Å². The zero-order valence-electron chi connectivity index (χ0n) is 13.0. The topological polar surface area (TPSA) is 69.7 Å². The first-order valence-electron chi connectivity index (χ1n) is 7.10. The van der Waals surface area contributed by atoms with Crippen molar-refractivity contribution in [3.63, 3.8) is 0 Å².